The lowest BCUT2D eigenvalue weighted by atomic mass is 10.0. The SMILES string of the molecule is CCCNC(=O)c1cnc2cc(-c3ccccc3)nn2c1C(C)C. The third-order valence-electron chi connectivity index (χ3n) is 3.92. The number of fused-ring (bicyclic) bond motifs is 1. The number of nitrogens with one attached hydrogen (secondary N) is 1. The molecule has 0 saturated heterocycles. The summed E-state index contributed by atoms with van der Waals surface area (Å²) < 4.78 is 1.80. The van der Waals surface area contributed by atoms with E-state index in [9.17, 15) is 4.79 Å². The van der Waals surface area contributed by atoms with Crippen LogP contribution >= 0.6 is 0 Å². The highest BCUT2D eigenvalue weighted by molar-refractivity contribution is 5.95. The van der Waals surface area contributed by atoms with E-state index in [0.717, 1.165) is 29.0 Å². The minimum Gasteiger partial charge on any atom is -0.352 e. The highest BCUT2D eigenvalue weighted by Gasteiger charge is 2.19. The van der Waals surface area contributed by atoms with E-state index in [4.69, 9.17) is 5.10 Å². The van der Waals surface area contributed by atoms with Gasteiger partial charge in [-0.1, -0.05) is 51.1 Å². The number of hydrogen-bond acceptors (Lipinski definition) is 3. The maximum absolute atomic E-state index is 12.5. The summed E-state index contributed by atoms with van der Waals surface area (Å²) in [5, 5.41) is 7.63. The van der Waals surface area contributed by atoms with Crippen molar-refractivity contribution in [1.82, 2.24) is 19.9 Å². The second-order valence-electron chi connectivity index (χ2n) is 6.13. The van der Waals surface area contributed by atoms with E-state index in [1.165, 1.54) is 0 Å². The van der Waals surface area contributed by atoms with Crippen molar-refractivity contribution in [3.8, 4) is 11.3 Å². The number of nitrogens with zero attached hydrogens (tertiary/aromatic N) is 3. The van der Waals surface area contributed by atoms with Crippen LogP contribution in [0.3, 0.4) is 0 Å². The average Bonchev–Trinajstić information content (AvgIpc) is 3.03. The van der Waals surface area contributed by atoms with Crippen LogP contribution in [0.15, 0.2) is 42.6 Å². The van der Waals surface area contributed by atoms with Gasteiger partial charge in [-0.15, -0.1) is 0 Å². The van der Waals surface area contributed by atoms with Crippen molar-refractivity contribution in [2.75, 3.05) is 6.54 Å². The van der Waals surface area contributed by atoms with Crippen LogP contribution in [-0.4, -0.2) is 27.0 Å². The lowest BCUT2D eigenvalue weighted by Crippen LogP contribution is -2.26. The van der Waals surface area contributed by atoms with Crippen LogP contribution in [-0.2, 0) is 0 Å². The van der Waals surface area contributed by atoms with Crippen LogP contribution in [0, 0.1) is 0 Å². The smallest absolute Gasteiger partial charge is 0.254 e. The van der Waals surface area contributed by atoms with Gasteiger partial charge < -0.3 is 5.32 Å². The first-order valence-corrected chi connectivity index (χ1v) is 8.34. The molecule has 5 nitrogen and oxygen atoms in total. The predicted molar refractivity (Wildman–Crippen MR) is 95.1 cm³/mol. The molecule has 1 amide bonds. The van der Waals surface area contributed by atoms with E-state index in [1.807, 2.05) is 43.3 Å². The topological polar surface area (TPSA) is 59.3 Å². The molecule has 1 N–H and O–H groups in total. The molecule has 0 unspecified atom stereocenters. The van der Waals surface area contributed by atoms with E-state index >= 15 is 0 Å². The van der Waals surface area contributed by atoms with E-state index < -0.39 is 0 Å². The van der Waals surface area contributed by atoms with Gasteiger partial charge in [0.25, 0.3) is 5.91 Å². The highest BCUT2D eigenvalue weighted by Crippen LogP contribution is 2.24. The van der Waals surface area contributed by atoms with Crippen molar-refractivity contribution < 1.29 is 4.79 Å². The van der Waals surface area contributed by atoms with Crippen LogP contribution in [0.4, 0.5) is 0 Å². The minimum absolute atomic E-state index is 0.0910. The van der Waals surface area contributed by atoms with Gasteiger partial charge in [0.2, 0.25) is 0 Å². The Morgan fingerprint density at radius 2 is 2.00 bits per heavy atom. The fourth-order valence-corrected chi connectivity index (χ4v) is 2.77. The monoisotopic (exact) mass is 322 g/mol. The molecule has 0 atom stereocenters. The zero-order chi connectivity index (χ0) is 17.1. The summed E-state index contributed by atoms with van der Waals surface area (Å²) in [7, 11) is 0. The molecule has 1 aromatic carbocycles. The van der Waals surface area contributed by atoms with E-state index in [1.54, 1.807) is 10.7 Å². The average molecular weight is 322 g/mol. The first kappa shape index (κ1) is 16.2. The summed E-state index contributed by atoms with van der Waals surface area (Å²) in [5.41, 5.74) is 4.12. The van der Waals surface area contributed by atoms with Gasteiger partial charge in [-0.3, -0.25) is 4.79 Å². The standard InChI is InChI=1S/C19H22N4O/c1-4-10-20-19(24)15-12-21-17-11-16(14-8-6-5-7-9-14)22-23(17)18(15)13(2)3/h5-9,11-13H,4,10H2,1-3H3,(H,20,24). The number of aromatic nitrogens is 3. The molecule has 0 aliphatic carbocycles. The Bertz CT molecular complexity index is 852. The van der Waals surface area contributed by atoms with Crippen molar-refractivity contribution >= 4 is 11.6 Å². The minimum atomic E-state index is -0.0910. The number of rotatable bonds is 5. The Hall–Kier alpha value is -2.69. The molecule has 0 bridgehead atoms. The van der Waals surface area contributed by atoms with Crippen molar-refractivity contribution in [3.63, 3.8) is 0 Å². The Morgan fingerprint density at radius 3 is 2.67 bits per heavy atom. The van der Waals surface area contributed by atoms with Crippen molar-refractivity contribution in [2.45, 2.75) is 33.1 Å². The van der Waals surface area contributed by atoms with Crippen molar-refractivity contribution in [1.29, 1.82) is 0 Å². The van der Waals surface area contributed by atoms with Gasteiger partial charge in [0.15, 0.2) is 5.65 Å². The molecule has 0 spiro atoms. The molecule has 0 fully saturated rings. The third-order valence-corrected chi connectivity index (χ3v) is 3.92. The second kappa shape index (κ2) is 6.83. The first-order chi connectivity index (χ1) is 11.6. The lowest BCUT2D eigenvalue weighted by molar-refractivity contribution is 0.0951. The zero-order valence-electron chi connectivity index (χ0n) is 14.3. The summed E-state index contributed by atoms with van der Waals surface area (Å²) in [4.78, 5) is 16.9. The van der Waals surface area contributed by atoms with E-state index in [2.05, 4.69) is 24.1 Å². The summed E-state index contributed by atoms with van der Waals surface area (Å²) in [6.45, 7) is 6.82. The van der Waals surface area contributed by atoms with Gasteiger partial charge in [0.1, 0.15) is 0 Å². The van der Waals surface area contributed by atoms with E-state index in [0.29, 0.717) is 12.1 Å². The summed E-state index contributed by atoms with van der Waals surface area (Å²) in [6, 6.07) is 11.9. The molecule has 3 rings (SSSR count). The third kappa shape index (κ3) is 3.02. The number of benzene rings is 1. The van der Waals surface area contributed by atoms with Gasteiger partial charge in [-0.05, 0) is 12.3 Å². The Balaban J connectivity index is 2.12. The fraction of sp³-hybridized carbons (Fsp3) is 0.316. The molecule has 0 aliphatic rings. The fourth-order valence-electron chi connectivity index (χ4n) is 2.77. The molecule has 0 saturated carbocycles. The molecule has 24 heavy (non-hydrogen) atoms. The Kier molecular flexibility index (Phi) is 4.60. The number of carbonyl (C=O) groups is 1. The molecule has 3 aromatic rings. The summed E-state index contributed by atoms with van der Waals surface area (Å²) in [6.07, 6.45) is 2.56. The van der Waals surface area contributed by atoms with Crippen molar-refractivity contribution in [3.05, 3.63) is 53.9 Å². The largest absolute Gasteiger partial charge is 0.352 e. The van der Waals surface area contributed by atoms with Gasteiger partial charge in [-0.25, -0.2) is 9.50 Å². The Morgan fingerprint density at radius 1 is 1.25 bits per heavy atom. The van der Waals surface area contributed by atoms with Crippen LogP contribution in [0.1, 0.15) is 49.2 Å². The zero-order valence-corrected chi connectivity index (χ0v) is 14.3. The van der Waals surface area contributed by atoms with Crippen LogP contribution < -0.4 is 5.32 Å². The van der Waals surface area contributed by atoms with Crippen LogP contribution in [0.2, 0.25) is 0 Å². The first-order valence-electron chi connectivity index (χ1n) is 8.34. The molecular weight excluding hydrogens is 300 g/mol. The maximum atomic E-state index is 12.5. The second-order valence-corrected chi connectivity index (χ2v) is 6.13. The molecule has 0 radical (unpaired) electrons. The normalized spacial score (nSPS) is 11.2. The lowest BCUT2D eigenvalue weighted by Gasteiger charge is -2.13. The van der Waals surface area contributed by atoms with Gasteiger partial charge in [0, 0.05) is 24.4 Å². The molecule has 2 heterocycles. The molecular formula is C19H22N4O. The van der Waals surface area contributed by atoms with E-state index in [-0.39, 0.29) is 11.8 Å². The quantitative estimate of drug-likeness (QED) is 0.780. The molecule has 124 valence electrons. The maximum Gasteiger partial charge on any atom is 0.254 e. The van der Waals surface area contributed by atoms with Gasteiger partial charge in [-0.2, -0.15) is 5.10 Å². The van der Waals surface area contributed by atoms with Crippen LogP contribution in [0.5, 0.6) is 0 Å². The Labute approximate surface area is 141 Å². The molecule has 2 aromatic heterocycles. The highest BCUT2D eigenvalue weighted by atomic mass is 16.1. The predicted octanol–water partition coefficient (Wildman–Crippen LogP) is 3.66. The van der Waals surface area contributed by atoms with Gasteiger partial charge >= 0.3 is 0 Å². The van der Waals surface area contributed by atoms with Crippen LogP contribution in [0.25, 0.3) is 16.9 Å². The molecule has 5 heteroatoms. The van der Waals surface area contributed by atoms with Gasteiger partial charge in [0.05, 0.1) is 17.0 Å². The van der Waals surface area contributed by atoms with Crippen molar-refractivity contribution in [2.24, 2.45) is 0 Å². The number of hydrogen-bond donors (Lipinski definition) is 1. The summed E-state index contributed by atoms with van der Waals surface area (Å²) in [5.74, 6) is 0.0631. The molecule has 0 aliphatic heterocycles. The number of carbonyl (C=O) groups excluding carboxylic acids is 1. The summed E-state index contributed by atoms with van der Waals surface area (Å²) >= 11 is 0. The number of amides is 1.